The topological polar surface area (TPSA) is 33.5 Å². The molecule has 2 heterocycles. The summed E-state index contributed by atoms with van der Waals surface area (Å²) in [5.41, 5.74) is 0.749. The molecule has 0 N–H and O–H groups in total. The van der Waals surface area contributed by atoms with Gasteiger partial charge < -0.3 is 4.42 Å². The molecule has 3 aromatic rings. The summed E-state index contributed by atoms with van der Waals surface area (Å²) in [5, 5.41) is 0.556. The molecule has 8 heteroatoms. The van der Waals surface area contributed by atoms with E-state index in [1.165, 1.54) is 11.0 Å². The SMILES string of the molecule is O=C1/C(=C/c2ccc(-c3ccc(F)cc3F)o2)SC(=S)N1c1ccc(Cl)cc1. The molecular formula is C20H10ClF2NO2S2. The third-order valence-corrected chi connectivity index (χ3v) is 5.53. The number of furan rings is 1. The number of nitrogens with zero attached hydrogens (tertiary/aromatic N) is 1. The van der Waals surface area contributed by atoms with Gasteiger partial charge in [0.05, 0.1) is 16.2 Å². The number of amides is 1. The first kappa shape index (κ1) is 18.9. The van der Waals surface area contributed by atoms with Crippen molar-refractivity contribution in [1.29, 1.82) is 0 Å². The summed E-state index contributed by atoms with van der Waals surface area (Å²) >= 11 is 12.3. The third-order valence-electron chi connectivity index (χ3n) is 3.98. The van der Waals surface area contributed by atoms with Gasteiger partial charge in [-0.25, -0.2) is 8.78 Å². The average molecular weight is 434 g/mol. The summed E-state index contributed by atoms with van der Waals surface area (Å²) in [6.45, 7) is 0. The number of anilines is 1. The molecule has 28 heavy (non-hydrogen) atoms. The quantitative estimate of drug-likeness (QED) is 0.359. The fourth-order valence-electron chi connectivity index (χ4n) is 2.67. The van der Waals surface area contributed by atoms with Crippen molar-refractivity contribution >= 4 is 57.6 Å². The highest BCUT2D eigenvalue weighted by atomic mass is 35.5. The Bertz CT molecular complexity index is 1130. The summed E-state index contributed by atoms with van der Waals surface area (Å²) < 4.78 is 33.0. The monoisotopic (exact) mass is 433 g/mol. The first-order valence-corrected chi connectivity index (χ1v) is 9.61. The summed E-state index contributed by atoms with van der Waals surface area (Å²) in [7, 11) is 0. The molecule has 1 aliphatic heterocycles. The standard InChI is InChI=1S/C20H10ClF2NO2S2/c21-11-1-4-13(5-2-11)24-19(25)18(28-20(24)27)10-14-6-8-17(26-14)15-7-3-12(22)9-16(15)23/h1-10H/b18-10-. The van der Waals surface area contributed by atoms with Gasteiger partial charge in [0, 0.05) is 17.2 Å². The number of thiocarbonyl (C=S) groups is 1. The third kappa shape index (κ3) is 3.61. The average Bonchev–Trinajstić information content (AvgIpc) is 3.21. The van der Waals surface area contributed by atoms with Gasteiger partial charge in [-0.15, -0.1) is 0 Å². The highest BCUT2D eigenvalue weighted by Crippen LogP contribution is 2.37. The van der Waals surface area contributed by atoms with Gasteiger partial charge in [-0.05, 0) is 48.5 Å². The van der Waals surface area contributed by atoms with Crippen LogP contribution in [0.3, 0.4) is 0 Å². The number of rotatable bonds is 3. The summed E-state index contributed by atoms with van der Waals surface area (Å²) in [6.07, 6.45) is 1.54. The van der Waals surface area contributed by atoms with Crippen LogP contribution < -0.4 is 4.90 Å². The van der Waals surface area contributed by atoms with Gasteiger partial charge in [0.1, 0.15) is 23.2 Å². The Hall–Kier alpha value is -2.48. The Morgan fingerprint density at radius 2 is 1.82 bits per heavy atom. The molecule has 0 saturated carbocycles. The summed E-state index contributed by atoms with van der Waals surface area (Å²) in [5.74, 6) is -1.09. The largest absolute Gasteiger partial charge is 0.457 e. The first-order valence-electron chi connectivity index (χ1n) is 8.01. The minimum absolute atomic E-state index is 0.134. The molecule has 1 saturated heterocycles. The minimum atomic E-state index is -0.727. The van der Waals surface area contributed by atoms with E-state index in [9.17, 15) is 13.6 Å². The van der Waals surface area contributed by atoms with Gasteiger partial charge >= 0.3 is 0 Å². The van der Waals surface area contributed by atoms with Gasteiger partial charge in [0.25, 0.3) is 5.91 Å². The maximum Gasteiger partial charge on any atom is 0.270 e. The van der Waals surface area contributed by atoms with Crippen molar-refractivity contribution in [3.63, 3.8) is 0 Å². The van der Waals surface area contributed by atoms with Crippen molar-refractivity contribution in [3.8, 4) is 11.3 Å². The molecule has 1 aliphatic rings. The van der Waals surface area contributed by atoms with E-state index in [0.717, 1.165) is 23.9 Å². The lowest BCUT2D eigenvalue weighted by Crippen LogP contribution is -2.27. The smallest absolute Gasteiger partial charge is 0.270 e. The van der Waals surface area contributed by atoms with E-state index in [1.54, 1.807) is 42.5 Å². The number of hydrogen-bond donors (Lipinski definition) is 0. The molecule has 1 aromatic heterocycles. The lowest BCUT2D eigenvalue weighted by Gasteiger charge is -2.14. The van der Waals surface area contributed by atoms with Crippen LogP contribution in [0.2, 0.25) is 5.02 Å². The van der Waals surface area contributed by atoms with Crippen molar-refractivity contribution in [3.05, 3.63) is 81.9 Å². The van der Waals surface area contributed by atoms with E-state index in [2.05, 4.69) is 0 Å². The van der Waals surface area contributed by atoms with Crippen LogP contribution in [0, 0.1) is 11.6 Å². The van der Waals surface area contributed by atoms with Crippen LogP contribution in [0.1, 0.15) is 5.76 Å². The second-order valence-corrected chi connectivity index (χ2v) is 7.93. The van der Waals surface area contributed by atoms with Gasteiger partial charge in [-0.2, -0.15) is 0 Å². The molecule has 4 rings (SSSR count). The van der Waals surface area contributed by atoms with Crippen molar-refractivity contribution < 1.29 is 18.0 Å². The maximum absolute atomic E-state index is 13.9. The molecule has 0 unspecified atom stereocenters. The highest BCUT2D eigenvalue weighted by molar-refractivity contribution is 8.27. The zero-order valence-electron chi connectivity index (χ0n) is 14.0. The number of carbonyl (C=O) groups excluding carboxylic acids is 1. The van der Waals surface area contributed by atoms with Crippen LogP contribution in [-0.4, -0.2) is 10.2 Å². The van der Waals surface area contributed by atoms with E-state index in [-0.39, 0.29) is 17.2 Å². The van der Waals surface area contributed by atoms with Crippen LogP contribution in [0.4, 0.5) is 14.5 Å². The van der Waals surface area contributed by atoms with Crippen LogP contribution in [0.5, 0.6) is 0 Å². The first-order chi connectivity index (χ1) is 13.4. The number of carbonyl (C=O) groups is 1. The van der Waals surface area contributed by atoms with Crippen LogP contribution in [0.25, 0.3) is 17.4 Å². The number of halogens is 3. The predicted molar refractivity (Wildman–Crippen MR) is 111 cm³/mol. The number of hydrogen-bond acceptors (Lipinski definition) is 4. The molecule has 0 aliphatic carbocycles. The lowest BCUT2D eigenvalue weighted by atomic mass is 10.1. The highest BCUT2D eigenvalue weighted by Gasteiger charge is 2.33. The molecule has 140 valence electrons. The molecule has 0 radical (unpaired) electrons. The Balaban J connectivity index is 1.61. The predicted octanol–water partition coefficient (Wildman–Crippen LogP) is 6.28. The van der Waals surface area contributed by atoms with Gasteiger partial charge in [0.2, 0.25) is 0 Å². The van der Waals surface area contributed by atoms with Crippen LogP contribution in [0.15, 0.2) is 63.9 Å². The summed E-state index contributed by atoms with van der Waals surface area (Å²) in [4.78, 5) is 14.5. The van der Waals surface area contributed by atoms with Crippen molar-refractivity contribution in [2.75, 3.05) is 4.90 Å². The van der Waals surface area contributed by atoms with E-state index < -0.39 is 11.6 Å². The Morgan fingerprint density at radius 3 is 2.54 bits per heavy atom. The lowest BCUT2D eigenvalue weighted by molar-refractivity contribution is -0.113. The maximum atomic E-state index is 13.9. The van der Waals surface area contributed by atoms with E-state index in [0.29, 0.717) is 25.7 Å². The molecule has 0 atom stereocenters. The zero-order chi connectivity index (χ0) is 19.8. The molecule has 1 amide bonds. The van der Waals surface area contributed by atoms with E-state index in [4.69, 9.17) is 28.2 Å². The molecule has 0 bridgehead atoms. The van der Waals surface area contributed by atoms with E-state index >= 15 is 0 Å². The van der Waals surface area contributed by atoms with Crippen molar-refractivity contribution in [2.24, 2.45) is 0 Å². The van der Waals surface area contributed by atoms with Crippen LogP contribution in [-0.2, 0) is 4.79 Å². The number of thioether (sulfide) groups is 1. The van der Waals surface area contributed by atoms with Gasteiger partial charge in [-0.1, -0.05) is 35.6 Å². The molecular weight excluding hydrogens is 424 g/mol. The van der Waals surface area contributed by atoms with Gasteiger partial charge in [0.15, 0.2) is 4.32 Å². The van der Waals surface area contributed by atoms with E-state index in [1.807, 2.05) is 0 Å². The molecule has 1 fully saturated rings. The molecule has 0 spiro atoms. The summed E-state index contributed by atoms with van der Waals surface area (Å²) in [6, 6.07) is 13.2. The Kier molecular flexibility index (Phi) is 5.05. The zero-order valence-corrected chi connectivity index (χ0v) is 16.4. The van der Waals surface area contributed by atoms with Crippen molar-refractivity contribution in [1.82, 2.24) is 0 Å². The van der Waals surface area contributed by atoms with Crippen molar-refractivity contribution in [2.45, 2.75) is 0 Å². The molecule has 3 nitrogen and oxygen atoms in total. The minimum Gasteiger partial charge on any atom is -0.457 e. The Labute approximate surface area is 173 Å². The normalized spacial score (nSPS) is 15.7. The Morgan fingerprint density at radius 1 is 1.07 bits per heavy atom. The van der Waals surface area contributed by atoms with Crippen LogP contribution >= 0.6 is 35.6 Å². The fourth-order valence-corrected chi connectivity index (χ4v) is 4.08. The van der Waals surface area contributed by atoms with Gasteiger partial charge in [-0.3, -0.25) is 9.69 Å². The second-order valence-electron chi connectivity index (χ2n) is 5.82. The fraction of sp³-hybridized carbons (Fsp3) is 0. The second kappa shape index (κ2) is 7.50. The molecule has 2 aromatic carbocycles. The number of benzene rings is 2.